The molecule has 0 aliphatic carbocycles. The summed E-state index contributed by atoms with van der Waals surface area (Å²) in [6, 6.07) is 9.66. The third-order valence-corrected chi connectivity index (χ3v) is 2.92. The number of carbonyl (C=O) groups excluding carboxylic acids is 1. The van der Waals surface area contributed by atoms with Gasteiger partial charge in [-0.25, -0.2) is 0 Å². The Kier molecular flexibility index (Phi) is 2.49. The van der Waals surface area contributed by atoms with Crippen LogP contribution in [0.4, 0.5) is 0 Å². The second kappa shape index (κ2) is 3.82. The first-order valence-electron chi connectivity index (χ1n) is 5.11. The van der Waals surface area contributed by atoms with Crippen LogP contribution < -0.4 is 0 Å². The van der Waals surface area contributed by atoms with E-state index in [1.807, 2.05) is 48.9 Å². The maximum atomic E-state index is 11.9. The van der Waals surface area contributed by atoms with Crippen molar-refractivity contribution >= 4 is 16.7 Å². The number of aromatic nitrogens is 1. The van der Waals surface area contributed by atoms with Crippen LogP contribution in [0.15, 0.2) is 24.3 Å². The van der Waals surface area contributed by atoms with E-state index in [1.54, 1.807) is 0 Å². The van der Waals surface area contributed by atoms with E-state index in [4.69, 9.17) is 5.26 Å². The van der Waals surface area contributed by atoms with Crippen LogP contribution in [0.3, 0.4) is 0 Å². The van der Waals surface area contributed by atoms with E-state index in [1.165, 1.54) is 0 Å². The first kappa shape index (κ1) is 10.4. The minimum atomic E-state index is -0.100. The smallest absolute Gasteiger partial charge is 0.179 e. The summed E-state index contributed by atoms with van der Waals surface area (Å²) in [5.41, 5.74) is 2.63. The first-order chi connectivity index (χ1) is 7.66. The van der Waals surface area contributed by atoms with E-state index in [9.17, 15) is 4.79 Å². The maximum Gasteiger partial charge on any atom is 0.179 e. The van der Waals surface area contributed by atoms with Gasteiger partial charge in [0.2, 0.25) is 0 Å². The third kappa shape index (κ3) is 1.40. The highest BCUT2D eigenvalue weighted by molar-refractivity contribution is 6.10. The molecule has 0 spiro atoms. The number of fused-ring (bicyclic) bond motifs is 1. The van der Waals surface area contributed by atoms with Crippen LogP contribution in [-0.4, -0.2) is 10.4 Å². The number of hydrogen-bond acceptors (Lipinski definition) is 2. The summed E-state index contributed by atoms with van der Waals surface area (Å²) in [6.07, 6.45) is -0.0607. The Bertz CT molecular complexity index is 602. The number of carbonyl (C=O) groups is 1. The Balaban J connectivity index is 2.74. The van der Waals surface area contributed by atoms with Gasteiger partial charge in [-0.1, -0.05) is 18.2 Å². The van der Waals surface area contributed by atoms with Gasteiger partial charge in [0.25, 0.3) is 0 Å². The normalized spacial score (nSPS) is 10.3. The van der Waals surface area contributed by atoms with Gasteiger partial charge in [0, 0.05) is 29.2 Å². The van der Waals surface area contributed by atoms with Crippen LogP contribution in [-0.2, 0) is 7.05 Å². The molecule has 0 atom stereocenters. The molecular formula is C13H12N2O. The van der Waals surface area contributed by atoms with Gasteiger partial charge in [-0.3, -0.25) is 4.79 Å². The lowest BCUT2D eigenvalue weighted by atomic mass is 10.1. The largest absolute Gasteiger partial charge is 0.347 e. The number of aryl methyl sites for hydroxylation is 1. The van der Waals surface area contributed by atoms with E-state index in [0.29, 0.717) is 5.56 Å². The van der Waals surface area contributed by atoms with Crippen molar-refractivity contribution in [3.63, 3.8) is 0 Å². The second-order valence-electron chi connectivity index (χ2n) is 3.79. The molecule has 0 aliphatic heterocycles. The minimum absolute atomic E-state index is 0.0607. The Labute approximate surface area is 93.9 Å². The summed E-state index contributed by atoms with van der Waals surface area (Å²) >= 11 is 0. The molecule has 1 heterocycles. The van der Waals surface area contributed by atoms with Crippen molar-refractivity contribution in [2.75, 3.05) is 0 Å². The molecule has 2 aromatic rings. The molecule has 1 aromatic heterocycles. The van der Waals surface area contributed by atoms with Gasteiger partial charge in [-0.05, 0) is 13.0 Å². The highest BCUT2D eigenvalue weighted by Crippen LogP contribution is 2.25. The molecule has 0 saturated carbocycles. The summed E-state index contributed by atoms with van der Waals surface area (Å²) in [7, 11) is 1.93. The molecule has 3 heteroatoms. The lowest BCUT2D eigenvalue weighted by Crippen LogP contribution is -2.00. The lowest BCUT2D eigenvalue weighted by molar-refractivity contribution is 0.0998. The van der Waals surface area contributed by atoms with Gasteiger partial charge in [-0.2, -0.15) is 5.26 Å². The molecule has 80 valence electrons. The number of nitrogens with zero attached hydrogens (tertiary/aromatic N) is 2. The topological polar surface area (TPSA) is 45.8 Å². The van der Waals surface area contributed by atoms with Gasteiger partial charge in [-0.15, -0.1) is 0 Å². The minimum Gasteiger partial charge on any atom is -0.347 e. The van der Waals surface area contributed by atoms with E-state index in [-0.39, 0.29) is 12.2 Å². The molecule has 16 heavy (non-hydrogen) atoms. The van der Waals surface area contributed by atoms with Crippen LogP contribution in [0.25, 0.3) is 10.9 Å². The Hall–Kier alpha value is -2.08. The monoisotopic (exact) mass is 212 g/mol. The average molecular weight is 212 g/mol. The molecule has 0 fully saturated rings. The van der Waals surface area contributed by atoms with E-state index in [0.717, 1.165) is 16.6 Å². The fourth-order valence-corrected chi connectivity index (χ4v) is 2.03. The molecule has 3 nitrogen and oxygen atoms in total. The highest BCUT2D eigenvalue weighted by atomic mass is 16.1. The quantitative estimate of drug-likeness (QED) is 0.718. The zero-order chi connectivity index (χ0) is 11.7. The first-order valence-corrected chi connectivity index (χ1v) is 5.11. The number of ketones is 1. The van der Waals surface area contributed by atoms with Crippen LogP contribution in [0.2, 0.25) is 0 Å². The predicted octanol–water partition coefficient (Wildman–Crippen LogP) is 2.58. The number of nitriles is 1. The van der Waals surface area contributed by atoms with Crippen LogP contribution in [0.1, 0.15) is 22.5 Å². The standard InChI is InChI=1S/C13H12N2O/c1-9-13(12(16)7-8-14)10-5-3-4-6-11(10)15(9)2/h3-6H,7H2,1-2H3. The fourth-order valence-electron chi connectivity index (χ4n) is 2.03. The summed E-state index contributed by atoms with van der Waals surface area (Å²) in [4.78, 5) is 11.9. The number of rotatable bonds is 2. The summed E-state index contributed by atoms with van der Waals surface area (Å²) in [5, 5.41) is 9.52. The van der Waals surface area contributed by atoms with Gasteiger partial charge in [0.15, 0.2) is 5.78 Å². The van der Waals surface area contributed by atoms with Gasteiger partial charge < -0.3 is 4.57 Å². The van der Waals surface area contributed by atoms with E-state index >= 15 is 0 Å². The lowest BCUT2D eigenvalue weighted by Gasteiger charge is -1.98. The summed E-state index contributed by atoms with van der Waals surface area (Å²) in [6.45, 7) is 1.91. The van der Waals surface area contributed by atoms with Gasteiger partial charge in [0.05, 0.1) is 12.5 Å². The van der Waals surface area contributed by atoms with Crippen LogP contribution in [0.5, 0.6) is 0 Å². The molecule has 0 saturated heterocycles. The summed E-state index contributed by atoms with van der Waals surface area (Å²) in [5.74, 6) is -0.100. The molecule has 0 unspecified atom stereocenters. The number of hydrogen-bond donors (Lipinski definition) is 0. The Morgan fingerprint density at radius 2 is 2.12 bits per heavy atom. The third-order valence-electron chi connectivity index (χ3n) is 2.92. The fraction of sp³-hybridized carbons (Fsp3) is 0.231. The number of para-hydroxylation sites is 1. The Morgan fingerprint density at radius 1 is 1.44 bits per heavy atom. The zero-order valence-electron chi connectivity index (χ0n) is 9.32. The van der Waals surface area contributed by atoms with Crippen molar-refractivity contribution in [2.45, 2.75) is 13.3 Å². The molecule has 0 radical (unpaired) electrons. The van der Waals surface area contributed by atoms with Crippen molar-refractivity contribution in [3.05, 3.63) is 35.5 Å². The molecule has 0 aliphatic rings. The number of benzene rings is 1. The predicted molar refractivity (Wildman–Crippen MR) is 62.2 cm³/mol. The van der Waals surface area contributed by atoms with E-state index < -0.39 is 0 Å². The summed E-state index contributed by atoms with van der Waals surface area (Å²) < 4.78 is 1.99. The maximum absolute atomic E-state index is 11.9. The zero-order valence-corrected chi connectivity index (χ0v) is 9.32. The highest BCUT2D eigenvalue weighted by Gasteiger charge is 2.17. The van der Waals surface area contributed by atoms with E-state index in [2.05, 4.69) is 0 Å². The molecule has 0 amide bonds. The van der Waals surface area contributed by atoms with Crippen molar-refractivity contribution in [1.29, 1.82) is 5.26 Å². The van der Waals surface area contributed by atoms with Gasteiger partial charge >= 0.3 is 0 Å². The van der Waals surface area contributed by atoms with Crippen LogP contribution >= 0.6 is 0 Å². The van der Waals surface area contributed by atoms with Crippen LogP contribution in [0, 0.1) is 18.3 Å². The second-order valence-corrected chi connectivity index (χ2v) is 3.79. The van der Waals surface area contributed by atoms with Crippen molar-refractivity contribution in [1.82, 2.24) is 4.57 Å². The SMILES string of the molecule is Cc1c(C(=O)CC#N)c2ccccc2n1C. The molecule has 1 aromatic carbocycles. The van der Waals surface area contributed by atoms with Crippen molar-refractivity contribution in [3.8, 4) is 6.07 Å². The molecule has 2 rings (SSSR count). The van der Waals surface area contributed by atoms with Crippen molar-refractivity contribution in [2.24, 2.45) is 7.05 Å². The average Bonchev–Trinajstić information content (AvgIpc) is 2.53. The molecule has 0 N–H and O–H groups in total. The molecule has 0 bridgehead atoms. The Morgan fingerprint density at radius 3 is 2.81 bits per heavy atom. The number of Topliss-reactive ketones (excluding diaryl/α,β-unsaturated/α-hetero) is 1. The molecular weight excluding hydrogens is 200 g/mol. The van der Waals surface area contributed by atoms with Crippen molar-refractivity contribution < 1.29 is 4.79 Å². The van der Waals surface area contributed by atoms with Gasteiger partial charge in [0.1, 0.15) is 0 Å².